The lowest BCUT2D eigenvalue weighted by Crippen LogP contribution is -2.13. The van der Waals surface area contributed by atoms with E-state index >= 15 is 0 Å². The molecule has 2 aromatic rings. The maximum Gasteiger partial charge on any atom is 0.323 e. The van der Waals surface area contributed by atoms with Crippen LogP contribution >= 0.6 is 0 Å². The second-order valence-corrected chi connectivity index (χ2v) is 4.54. The molecule has 1 heterocycles. The third-order valence-corrected chi connectivity index (χ3v) is 3.26. The van der Waals surface area contributed by atoms with Crippen LogP contribution < -0.4 is 5.69 Å². The molecule has 0 radical (unpaired) electrons. The van der Waals surface area contributed by atoms with Gasteiger partial charge in [0.15, 0.2) is 0 Å². The molecule has 88 valence electrons. The smallest absolute Gasteiger partial charge is 0.323 e. The van der Waals surface area contributed by atoms with Crippen LogP contribution in [0, 0.1) is 5.92 Å². The van der Waals surface area contributed by atoms with Crippen LogP contribution in [0.5, 0.6) is 0 Å². The van der Waals surface area contributed by atoms with Crippen molar-refractivity contribution in [3.63, 3.8) is 0 Å². The first-order chi connectivity index (χ1) is 8.15. The van der Waals surface area contributed by atoms with E-state index in [2.05, 4.69) is 9.97 Å². The summed E-state index contributed by atoms with van der Waals surface area (Å²) in [4.78, 5) is 27.7. The van der Waals surface area contributed by atoms with Gasteiger partial charge in [0.2, 0.25) is 0 Å². The zero-order chi connectivity index (χ0) is 12.0. The van der Waals surface area contributed by atoms with Crippen LogP contribution in [0.1, 0.15) is 24.3 Å². The number of fused-ring (bicyclic) bond motifs is 1. The number of hydrogen-bond donors (Lipinski definition) is 3. The maximum absolute atomic E-state index is 11.2. The predicted octanol–water partition coefficient (Wildman–Crippen LogP) is 1.43. The number of rotatable bonds is 3. The summed E-state index contributed by atoms with van der Waals surface area (Å²) in [5, 5.41) is 9.23. The molecule has 1 aromatic carbocycles. The molecule has 1 aromatic heterocycles. The van der Waals surface area contributed by atoms with Gasteiger partial charge in [0.05, 0.1) is 17.0 Å². The number of aromatic amines is 2. The fourth-order valence-electron chi connectivity index (χ4n) is 2.29. The lowest BCUT2D eigenvalue weighted by Gasteiger charge is -2.11. The zero-order valence-corrected chi connectivity index (χ0v) is 9.06. The van der Waals surface area contributed by atoms with Gasteiger partial charge in [-0.05, 0) is 36.5 Å². The minimum atomic E-state index is -0.787. The van der Waals surface area contributed by atoms with Crippen LogP contribution in [-0.2, 0) is 4.79 Å². The van der Waals surface area contributed by atoms with Gasteiger partial charge in [0.25, 0.3) is 0 Å². The average Bonchev–Trinajstić information content (AvgIpc) is 2.99. The standard InChI is InChI=1S/C12H12N2O3/c15-11(16)10(6-1-2-6)7-3-4-8-9(5-7)14-12(17)13-8/h3-6,10H,1-2H2,(H,15,16)(H2,13,14,17). The molecule has 1 aliphatic carbocycles. The summed E-state index contributed by atoms with van der Waals surface area (Å²) in [5.41, 5.74) is 1.87. The number of carbonyl (C=O) groups is 1. The highest BCUT2D eigenvalue weighted by Crippen LogP contribution is 2.43. The van der Waals surface area contributed by atoms with Crippen molar-refractivity contribution in [2.75, 3.05) is 0 Å². The van der Waals surface area contributed by atoms with Crippen molar-refractivity contribution in [2.45, 2.75) is 18.8 Å². The number of imidazole rings is 1. The second-order valence-electron chi connectivity index (χ2n) is 4.54. The molecule has 1 aliphatic rings. The number of carboxylic acid groups (broad SMARTS) is 1. The van der Waals surface area contributed by atoms with Gasteiger partial charge in [-0.1, -0.05) is 6.07 Å². The molecule has 0 aliphatic heterocycles. The third kappa shape index (κ3) is 1.73. The van der Waals surface area contributed by atoms with Gasteiger partial charge in [0, 0.05) is 0 Å². The van der Waals surface area contributed by atoms with Crippen LogP contribution in [0.4, 0.5) is 0 Å². The Hall–Kier alpha value is -2.04. The Morgan fingerprint density at radius 2 is 2.00 bits per heavy atom. The summed E-state index contributed by atoms with van der Waals surface area (Å²) >= 11 is 0. The molecular formula is C12H12N2O3. The highest BCUT2D eigenvalue weighted by atomic mass is 16.4. The van der Waals surface area contributed by atoms with E-state index in [1.165, 1.54) is 0 Å². The summed E-state index contributed by atoms with van der Waals surface area (Å²) in [5.74, 6) is -0.988. The van der Waals surface area contributed by atoms with E-state index in [1.807, 2.05) is 0 Å². The molecule has 1 unspecified atom stereocenters. The Bertz CT molecular complexity index is 636. The van der Waals surface area contributed by atoms with Crippen LogP contribution in [0.3, 0.4) is 0 Å². The lowest BCUT2D eigenvalue weighted by atomic mass is 9.94. The van der Waals surface area contributed by atoms with Crippen molar-refractivity contribution >= 4 is 17.0 Å². The van der Waals surface area contributed by atoms with Gasteiger partial charge in [-0.2, -0.15) is 0 Å². The molecule has 1 fully saturated rings. The lowest BCUT2D eigenvalue weighted by molar-refractivity contribution is -0.139. The Morgan fingerprint density at radius 3 is 2.65 bits per heavy atom. The third-order valence-electron chi connectivity index (χ3n) is 3.26. The molecule has 3 N–H and O–H groups in total. The molecular weight excluding hydrogens is 220 g/mol. The number of aliphatic carboxylic acids is 1. The van der Waals surface area contributed by atoms with Crippen molar-refractivity contribution in [1.29, 1.82) is 0 Å². The van der Waals surface area contributed by atoms with Crippen LogP contribution in [-0.4, -0.2) is 21.0 Å². The highest BCUT2D eigenvalue weighted by molar-refractivity contribution is 5.81. The van der Waals surface area contributed by atoms with E-state index in [-0.39, 0.29) is 11.6 Å². The molecule has 0 spiro atoms. The van der Waals surface area contributed by atoms with Crippen LogP contribution in [0.15, 0.2) is 23.0 Å². The van der Waals surface area contributed by atoms with E-state index in [9.17, 15) is 14.7 Å². The van der Waals surface area contributed by atoms with Gasteiger partial charge in [-0.15, -0.1) is 0 Å². The normalized spacial score (nSPS) is 17.2. The largest absolute Gasteiger partial charge is 0.481 e. The summed E-state index contributed by atoms with van der Waals surface area (Å²) < 4.78 is 0. The summed E-state index contributed by atoms with van der Waals surface area (Å²) in [7, 11) is 0. The first-order valence-electron chi connectivity index (χ1n) is 5.60. The van der Waals surface area contributed by atoms with E-state index in [0.717, 1.165) is 18.4 Å². The van der Waals surface area contributed by atoms with Crippen molar-refractivity contribution in [1.82, 2.24) is 9.97 Å². The van der Waals surface area contributed by atoms with Gasteiger partial charge in [-0.3, -0.25) is 4.79 Å². The quantitative estimate of drug-likeness (QED) is 0.748. The number of aromatic nitrogens is 2. The average molecular weight is 232 g/mol. The van der Waals surface area contributed by atoms with Crippen molar-refractivity contribution in [2.24, 2.45) is 5.92 Å². The molecule has 0 saturated heterocycles. The Labute approximate surface area is 96.5 Å². The number of nitrogens with one attached hydrogen (secondary N) is 2. The van der Waals surface area contributed by atoms with Gasteiger partial charge >= 0.3 is 11.7 Å². The SMILES string of the molecule is O=C(O)C(c1ccc2[nH]c(=O)[nH]c2c1)C1CC1. The number of carboxylic acids is 1. The Kier molecular flexibility index (Phi) is 2.07. The maximum atomic E-state index is 11.2. The zero-order valence-electron chi connectivity index (χ0n) is 9.06. The monoisotopic (exact) mass is 232 g/mol. The van der Waals surface area contributed by atoms with Crippen molar-refractivity contribution in [3.05, 3.63) is 34.2 Å². The minimum Gasteiger partial charge on any atom is -0.481 e. The molecule has 5 heteroatoms. The van der Waals surface area contributed by atoms with E-state index in [4.69, 9.17) is 0 Å². The summed E-state index contributed by atoms with van der Waals surface area (Å²) in [6.45, 7) is 0. The van der Waals surface area contributed by atoms with Gasteiger partial charge in [0.1, 0.15) is 0 Å². The van der Waals surface area contributed by atoms with E-state index in [0.29, 0.717) is 11.0 Å². The summed E-state index contributed by atoms with van der Waals surface area (Å²) in [6, 6.07) is 5.29. The Balaban J connectivity index is 2.09. The predicted molar refractivity (Wildman–Crippen MR) is 62.0 cm³/mol. The topological polar surface area (TPSA) is 85.9 Å². The van der Waals surface area contributed by atoms with Crippen LogP contribution in [0.2, 0.25) is 0 Å². The molecule has 5 nitrogen and oxygen atoms in total. The molecule has 1 saturated carbocycles. The van der Waals surface area contributed by atoms with E-state index < -0.39 is 11.9 Å². The van der Waals surface area contributed by atoms with Crippen molar-refractivity contribution < 1.29 is 9.90 Å². The minimum absolute atomic E-state index is 0.246. The van der Waals surface area contributed by atoms with Crippen molar-refractivity contribution in [3.8, 4) is 0 Å². The van der Waals surface area contributed by atoms with Gasteiger partial charge < -0.3 is 15.1 Å². The first-order valence-corrected chi connectivity index (χ1v) is 5.60. The number of benzene rings is 1. The first kappa shape index (κ1) is 10.1. The number of hydrogen-bond acceptors (Lipinski definition) is 2. The number of H-pyrrole nitrogens is 2. The van der Waals surface area contributed by atoms with Gasteiger partial charge in [-0.25, -0.2) is 4.79 Å². The highest BCUT2D eigenvalue weighted by Gasteiger charge is 2.37. The summed E-state index contributed by atoms with van der Waals surface area (Å²) in [6.07, 6.45) is 1.94. The molecule has 1 atom stereocenters. The Morgan fingerprint density at radius 1 is 1.29 bits per heavy atom. The van der Waals surface area contributed by atoms with E-state index in [1.54, 1.807) is 18.2 Å². The fourth-order valence-corrected chi connectivity index (χ4v) is 2.29. The second kappa shape index (κ2) is 3.48. The molecule has 3 rings (SSSR count). The van der Waals surface area contributed by atoms with Crippen LogP contribution in [0.25, 0.3) is 11.0 Å². The molecule has 0 amide bonds. The molecule has 0 bridgehead atoms. The fraction of sp³-hybridized carbons (Fsp3) is 0.333. The molecule has 17 heavy (non-hydrogen) atoms.